The number of methoxy groups -OCH3 is 1. The Morgan fingerprint density at radius 2 is 1.49 bits per heavy atom. The first kappa shape index (κ1) is 25.5. The highest BCUT2D eigenvalue weighted by molar-refractivity contribution is 6.13. The molecule has 0 radical (unpaired) electrons. The summed E-state index contributed by atoms with van der Waals surface area (Å²) in [4.78, 5) is 16.3. The van der Waals surface area contributed by atoms with Crippen molar-refractivity contribution in [2.24, 2.45) is 11.0 Å². The van der Waals surface area contributed by atoms with Crippen LogP contribution in [-0.2, 0) is 0 Å². The number of para-hydroxylation sites is 2. The number of rotatable bonds is 5. The number of amides is 2. The summed E-state index contributed by atoms with van der Waals surface area (Å²) in [6.07, 6.45) is 9.75. The monoisotopic (exact) mass is 522 g/mol. The number of benzene rings is 3. The molecule has 202 valence electrons. The van der Waals surface area contributed by atoms with E-state index in [0.717, 1.165) is 66.9 Å². The molecule has 6 rings (SSSR count). The number of hydrogen-bond acceptors (Lipinski definition) is 4. The minimum Gasteiger partial charge on any atom is -0.496 e. The lowest BCUT2D eigenvalue weighted by atomic mass is 9.81. The predicted octanol–water partition coefficient (Wildman–Crippen LogP) is 7.86. The minimum absolute atomic E-state index is 0.0487. The normalized spacial score (nSPS) is 22.2. The Kier molecular flexibility index (Phi) is 7.27. The molecular formula is C33H38N4O2. The molecule has 1 heterocycles. The third-order valence-electron chi connectivity index (χ3n) is 8.79. The zero-order valence-electron chi connectivity index (χ0n) is 22.8. The number of hydrazone groups is 1. The summed E-state index contributed by atoms with van der Waals surface area (Å²) in [6.45, 7) is 0. The molecule has 2 fully saturated rings. The number of carbonyl (C=O) groups excluding carboxylic acids is 1. The van der Waals surface area contributed by atoms with Crippen LogP contribution in [0.25, 0.3) is 0 Å². The number of carbonyl (C=O) groups is 1. The SMILES string of the molecule is COc1ccccc1[C@H]1CC[C@@H](N2N=C(C3CCCCC3)c3ccccc3N(c3ccc(N)cc3)C2=O)CC1. The zero-order chi connectivity index (χ0) is 26.8. The van der Waals surface area contributed by atoms with Gasteiger partial charge in [0.15, 0.2) is 0 Å². The molecule has 0 unspecified atom stereocenters. The van der Waals surface area contributed by atoms with Crippen LogP contribution < -0.4 is 15.4 Å². The molecule has 6 nitrogen and oxygen atoms in total. The third-order valence-corrected chi connectivity index (χ3v) is 8.79. The maximum atomic E-state index is 14.5. The third kappa shape index (κ3) is 5.00. The van der Waals surface area contributed by atoms with E-state index in [-0.39, 0.29) is 12.1 Å². The largest absolute Gasteiger partial charge is 0.496 e. The van der Waals surface area contributed by atoms with E-state index in [2.05, 4.69) is 30.3 Å². The van der Waals surface area contributed by atoms with E-state index in [1.807, 2.05) is 52.4 Å². The Labute approximate surface area is 231 Å². The number of fused-ring (bicyclic) bond motifs is 1. The standard InChI is InChI=1S/C33H38N4O2/c1-39-31-14-8-6-11-28(31)23-15-19-27(20-16-23)37-33(38)36(26-21-17-25(34)18-22-26)30-13-7-5-12-29(30)32(35-37)24-9-3-2-4-10-24/h5-8,11-14,17-18,21-24,27H,2-4,9-10,15-16,19-20,34H2,1H3/t23-,27+. The molecule has 2 N–H and O–H groups in total. The average molecular weight is 523 g/mol. The lowest BCUT2D eigenvalue weighted by molar-refractivity contribution is 0.162. The minimum atomic E-state index is -0.0845. The quantitative estimate of drug-likeness (QED) is 0.347. The number of ether oxygens (including phenoxy) is 1. The summed E-state index contributed by atoms with van der Waals surface area (Å²) in [5.74, 6) is 1.74. The van der Waals surface area contributed by atoms with Crippen LogP contribution in [0.5, 0.6) is 5.75 Å². The Bertz CT molecular complexity index is 1340. The van der Waals surface area contributed by atoms with Crippen molar-refractivity contribution < 1.29 is 9.53 Å². The van der Waals surface area contributed by atoms with Gasteiger partial charge in [0, 0.05) is 17.2 Å². The highest BCUT2D eigenvalue weighted by atomic mass is 16.5. The lowest BCUT2D eigenvalue weighted by Crippen LogP contribution is -2.44. The van der Waals surface area contributed by atoms with Crippen LogP contribution >= 0.6 is 0 Å². The first-order valence-corrected chi connectivity index (χ1v) is 14.4. The fraction of sp³-hybridized carbons (Fsp3) is 0.394. The van der Waals surface area contributed by atoms with E-state index >= 15 is 0 Å². The van der Waals surface area contributed by atoms with E-state index in [1.54, 1.807) is 7.11 Å². The van der Waals surface area contributed by atoms with Gasteiger partial charge in [-0.15, -0.1) is 0 Å². The second-order valence-electron chi connectivity index (χ2n) is 11.1. The van der Waals surface area contributed by atoms with Crippen LogP contribution in [0.1, 0.15) is 74.8 Å². The number of anilines is 3. The van der Waals surface area contributed by atoms with E-state index in [9.17, 15) is 4.79 Å². The summed E-state index contributed by atoms with van der Waals surface area (Å²) in [6, 6.07) is 24.2. The maximum absolute atomic E-state index is 14.5. The van der Waals surface area contributed by atoms with E-state index < -0.39 is 0 Å². The van der Waals surface area contributed by atoms with Gasteiger partial charge in [-0.3, -0.25) is 4.90 Å². The molecule has 0 saturated heterocycles. The molecule has 39 heavy (non-hydrogen) atoms. The molecule has 0 bridgehead atoms. The fourth-order valence-corrected chi connectivity index (χ4v) is 6.73. The molecule has 2 amide bonds. The number of urea groups is 1. The highest BCUT2D eigenvalue weighted by Gasteiger charge is 2.38. The van der Waals surface area contributed by atoms with Crippen molar-refractivity contribution in [2.45, 2.75) is 69.7 Å². The van der Waals surface area contributed by atoms with Crippen molar-refractivity contribution in [3.8, 4) is 5.75 Å². The van der Waals surface area contributed by atoms with E-state index in [4.69, 9.17) is 15.6 Å². The van der Waals surface area contributed by atoms with Crippen LogP contribution in [0.4, 0.5) is 21.9 Å². The van der Waals surface area contributed by atoms with E-state index in [0.29, 0.717) is 17.5 Å². The van der Waals surface area contributed by atoms with Crippen molar-refractivity contribution in [3.05, 3.63) is 83.9 Å². The number of nitrogens with zero attached hydrogens (tertiary/aromatic N) is 3. The van der Waals surface area contributed by atoms with Gasteiger partial charge in [0.2, 0.25) is 0 Å². The summed E-state index contributed by atoms with van der Waals surface area (Å²) in [5, 5.41) is 7.11. The van der Waals surface area contributed by atoms with Gasteiger partial charge in [-0.25, -0.2) is 9.80 Å². The molecule has 2 aliphatic carbocycles. The topological polar surface area (TPSA) is 71.2 Å². The first-order chi connectivity index (χ1) is 19.1. The van der Waals surface area contributed by atoms with Crippen LogP contribution in [0, 0.1) is 5.92 Å². The van der Waals surface area contributed by atoms with Crippen molar-refractivity contribution in [1.82, 2.24) is 5.01 Å². The Morgan fingerprint density at radius 1 is 0.795 bits per heavy atom. The molecule has 0 aromatic heterocycles. The molecule has 0 atom stereocenters. The predicted molar refractivity (Wildman–Crippen MR) is 158 cm³/mol. The molecule has 3 aromatic carbocycles. The van der Waals surface area contributed by atoms with Crippen LogP contribution in [-0.4, -0.2) is 29.9 Å². The summed E-state index contributed by atoms with van der Waals surface area (Å²) < 4.78 is 5.66. The summed E-state index contributed by atoms with van der Waals surface area (Å²) >= 11 is 0. The maximum Gasteiger partial charge on any atom is 0.349 e. The van der Waals surface area contributed by atoms with Crippen molar-refractivity contribution in [3.63, 3.8) is 0 Å². The first-order valence-electron chi connectivity index (χ1n) is 14.4. The van der Waals surface area contributed by atoms with Gasteiger partial charge in [0.1, 0.15) is 5.75 Å². The van der Waals surface area contributed by atoms with Gasteiger partial charge in [0.05, 0.1) is 30.2 Å². The molecular weight excluding hydrogens is 484 g/mol. The zero-order valence-corrected chi connectivity index (χ0v) is 22.8. The molecule has 2 saturated carbocycles. The van der Waals surface area contributed by atoms with Gasteiger partial charge in [-0.05, 0) is 86.4 Å². The van der Waals surface area contributed by atoms with Gasteiger partial charge in [0.25, 0.3) is 0 Å². The number of nitrogens with two attached hydrogens (primary N) is 1. The lowest BCUT2D eigenvalue weighted by Gasteiger charge is -2.36. The molecule has 3 aliphatic rings. The average Bonchev–Trinajstić information content (AvgIpc) is 3.12. The Hall–Kier alpha value is -3.80. The smallest absolute Gasteiger partial charge is 0.349 e. The second-order valence-corrected chi connectivity index (χ2v) is 11.1. The van der Waals surface area contributed by atoms with Gasteiger partial charge in [-0.2, -0.15) is 5.10 Å². The van der Waals surface area contributed by atoms with E-state index in [1.165, 1.54) is 24.8 Å². The summed E-state index contributed by atoms with van der Waals surface area (Å²) in [5.41, 5.74) is 11.8. The van der Waals surface area contributed by atoms with Gasteiger partial charge >= 0.3 is 6.03 Å². The Balaban J connectivity index is 1.37. The number of nitrogen functional groups attached to an aromatic ring is 1. The molecule has 6 heteroatoms. The molecule has 0 spiro atoms. The number of hydrogen-bond donors (Lipinski definition) is 1. The van der Waals surface area contributed by atoms with Crippen molar-refractivity contribution >= 4 is 28.8 Å². The van der Waals surface area contributed by atoms with Gasteiger partial charge in [-0.1, -0.05) is 55.7 Å². The van der Waals surface area contributed by atoms with Crippen LogP contribution in [0.15, 0.2) is 77.9 Å². The molecule has 3 aromatic rings. The summed E-state index contributed by atoms with van der Waals surface area (Å²) in [7, 11) is 1.74. The van der Waals surface area contributed by atoms with Crippen molar-refractivity contribution in [2.75, 3.05) is 17.7 Å². The fourth-order valence-electron chi connectivity index (χ4n) is 6.73. The van der Waals surface area contributed by atoms with Crippen LogP contribution in [0.3, 0.4) is 0 Å². The molecule has 1 aliphatic heterocycles. The Morgan fingerprint density at radius 3 is 2.23 bits per heavy atom. The van der Waals surface area contributed by atoms with Crippen molar-refractivity contribution in [1.29, 1.82) is 0 Å². The highest BCUT2D eigenvalue weighted by Crippen LogP contribution is 2.42. The van der Waals surface area contributed by atoms with Gasteiger partial charge < -0.3 is 10.5 Å². The second kappa shape index (κ2) is 11.1. The van der Waals surface area contributed by atoms with Crippen LogP contribution in [0.2, 0.25) is 0 Å².